The topological polar surface area (TPSA) is 85.6 Å². The van der Waals surface area contributed by atoms with Gasteiger partial charge in [-0.2, -0.15) is 0 Å². The fourth-order valence-electron chi connectivity index (χ4n) is 5.13. The van der Waals surface area contributed by atoms with Crippen molar-refractivity contribution in [2.75, 3.05) is 55.8 Å². The molecule has 3 fully saturated rings. The van der Waals surface area contributed by atoms with E-state index in [9.17, 15) is 4.79 Å². The Morgan fingerprint density at radius 2 is 1.79 bits per heavy atom. The van der Waals surface area contributed by atoms with Gasteiger partial charge in [-0.25, -0.2) is 15.0 Å². The maximum absolute atomic E-state index is 11.6. The molecule has 4 heterocycles. The van der Waals surface area contributed by atoms with Crippen LogP contribution in [-0.2, 0) is 21.0 Å². The summed E-state index contributed by atoms with van der Waals surface area (Å²) < 4.78 is 13.8. The van der Waals surface area contributed by atoms with Crippen LogP contribution in [0.15, 0.2) is 6.33 Å². The molecule has 2 saturated heterocycles. The number of morpholine rings is 1. The van der Waals surface area contributed by atoms with Crippen LogP contribution >= 0.6 is 0 Å². The number of imidazole rings is 1. The summed E-state index contributed by atoms with van der Waals surface area (Å²) in [6, 6.07) is 1.13. The molecule has 3 aliphatic rings. The maximum atomic E-state index is 11.6. The van der Waals surface area contributed by atoms with Crippen LogP contribution in [0, 0.1) is 5.41 Å². The molecule has 2 aromatic rings. The molecule has 0 radical (unpaired) electrons. The second kappa shape index (κ2) is 8.96. The van der Waals surface area contributed by atoms with Crippen LogP contribution in [-0.4, -0.2) is 79.4 Å². The van der Waals surface area contributed by atoms with Gasteiger partial charge in [0, 0.05) is 53.7 Å². The summed E-state index contributed by atoms with van der Waals surface area (Å²) in [6.07, 6.45) is 5.23. The molecule has 0 bridgehead atoms. The number of ether oxygens (including phenoxy) is 2. The number of hydrogen-bond acceptors (Lipinski definition) is 8. The zero-order valence-electron chi connectivity index (χ0n) is 20.2. The summed E-state index contributed by atoms with van der Waals surface area (Å²) in [6.45, 7) is 13.1. The summed E-state index contributed by atoms with van der Waals surface area (Å²) in [5, 5.41) is 0. The van der Waals surface area contributed by atoms with Crippen molar-refractivity contribution in [3.05, 3.63) is 6.33 Å². The van der Waals surface area contributed by atoms with E-state index in [0.29, 0.717) is 25.7 Å². The van der Waals surface area contributed by atoms with Crippen molar-refractivity contribution in [3.63, 3.8) is 0 Å². The van der Waals surface area contributed by atoms with Crippen molar-refractivity contribution in [1.29, 1.82) is 0 Å². The van der Waals surface area contributed by atoms with E-state index in [1.807, 2.05) is 0 Å². The molecule has 0 aromatic carbocycles. The van der Waals surface area contributed by atoms with E-state index in [1.165, 1.54) is 0 Å². The van der Waals surface area contributed by atoms with Crippen LogP contribution in [0.4, 0.5) is 11.8 Å². The number of nitrogens with zero attached hydrogens (tertiary/aromatic N) is 6. The van der Waals surface area contributed by atoms with E-state index < -0.39 is 8.07 Å². The third kappa shape index (κ3) is 4.78. The standard InChI is InChI=1S/C23H36N6O3Si/c1-33(2,3)13-12-32-17-29-21-19(20(24-16-25-21)27-8-10-31-11-9-27)26-22(29)28-6-4-23(5-7-28)14-18(30)15-23/h16H,4-15,17H2,1-3H3. The fourth-order valence-corrected chi connectivity index (χ4v) is 5.89. The largest absolute Gasteiger partial charge is 0.378 e. The second-order valence-electron chi connectivity index (χ2n) is 11.0. The molecule has 0 atom stereocenters. The average molecular weight is 473 g/mol. The number of aromatic nitrogens is 4. The first kappa shape index (κ1) is 22.7. The number of anilines is 2. The van der Waals surface area contributed by atoms with Crippen molar-refractivity contribution < 1.29 is 14.3 Å². The number of ketones is 1. The average Bonchev–Trinajstić information content (AvgIpc) is 3.15. The van der Waals surface area contributed by atoms with Gasteiger partial charge < -0.3 is 19.3 Å². The number of piperidine rings is 1. The first-order valence-corrected chi connectivity index (χ1v) is 15.9. The Labute approximate surface area is 196 Å². The smallest absolute Gasteiger partial charge is 0.209 e. The molecule has 1 aliphatic carbocycles. The lowest BCUT2D eigenvalue weighted by atomic mass is 9.62. The molecule has 0 unspecified atom stereocenters. The molecule has 2 aliphatic heterocycles. The lowest BCUT2D eigenvalue weighted by Gasteiger charge is -2.46. The first-order chi connectivity index (χ1) is 15.8. The molecule has 0 N–H and O–H groups in total. The molecule has 180 valence electrons. The Bertz CT molecular complexity index is 996. The third-order valence-electron chi connectivity index (χ3n) is 7.27. The predicted octanol–water partition coefficient (Wildman–Crippen LogP) is 2.92. The summed E-state index contributed by atoms with van der Waals surface area (Å²) in [5.74, 6) is 2.20. The summed E-state index contributed by atoms with van der Waals surface area (Å²) in [4.78, 5) is 30.5. The zero-order valence-corrected chi connectivity index (χ0v) is 21.2. The SMILES string of the molecule is C[Si](C)(C)CCOCn1c(N2CCC3(CC2)CC(=O)C3)nc2c(N3CCOCC3)ncnc21. The van der Waals surface area contributed by atoms with Crippen molar-refractivity contribution >= 4 is 36.8 Å². The van der Waals surface area contributed by atoms with Crippen LogP contribution < -0.4 is 9.80 Å². The highest BCUT2D eigenvalue weighted by Gasteiger charge is 2.45. The van der Waals surface area contributed by atoms with E-state index >= 15 is 0 Å². The van der Waals surface area contributed by atoms with Crippen molar-refractivity contribution in [2.24, 2.45) is 5.41 Å². The van der Waals surface area contributed by atoms with Gasteiger partial charge in [0.2, 0.25) is 5.95 Å². The molecular formula is C23H36N6O3Si. The molecule has 1 spiro atoms. The summed E-state index contributed by atoms with van der Waals surface area (Å²) in [5.41, 5.74) is 1.90. The van der Waals surface area contributed by atoms with Crippen LogP contribution in [0.3, 0.4) is 0 Å². The minimum Gasteiger partial charge on any atom is -0.378 e. The van der Waals surface area contributed by atoms with Gasteiger partial charge >= 0.3 is 0 Å². The Morgan fingerprint density at radius 1 is 1.06 bits per heavy atom. The summed E-state index contributed by atoms with van der Waals surface area (Å²) in [7, 11) is -1.16. The van der Waals surface area contributed by atoms with Gasteiger partial charge in [0.1, 0.15) is 18.8 Å². The van der Waals surface area contributed by atoms with Gasteiger partial charge in [0.05, 0.1) is 13.2 Å². The normalized spacial score (nSPS) is 21.1. The van der Waals surface area contributed by atoms with E-state index in [4.69, 9.17) is 14.5 Å². The number of carbonyl (C=O) groups excluding carboxylic acids is 1. The molecule has 9 nitrogen and oxygen atoms in total. The van der Waals surface area contributed by atoms with E-state index in [2.05, 4.69) is 44.0 Å². The number of hydrogen-bond donors (Lipinski definition) is 0. The zero-order chi connectivity index (χ0) is 23.1. The predicted molar refractivity (Wildman–Crippen MR) is 131 cm³/mol. The Morgan fingerprint density at radius 3 is 2.45 bits per heavy atom. The quantitative estimate of drug-likeness (QED) is 0.449. The Kier molecular flexibility index (Phi) is 6.17. The van der Waals surface area contributed by atoms with E-state index in [0.717, 1.165) is 87.4 Å². The van der Waals surface area contributed by atoms with Crippen LogP contribution in [0.25, 0.3) is 11.2 Å². The fraction of sp³-hybridized carbons (Fsp3) is 0.739. The molecule has 5 rings (SSSR count). The minimum absolute atomic E-state index is 0.233. The van der Waals surface area contributed by atoms with Gasteiger partial charge in [-0.3, -0.25) is 9.36 Å². The molecule has 0 amide bonds. The van der Waals surface area contributed by atoms with Crippen molar-refractivity contribution in [2.45, 2.75) is 58.1 Å². The van der Waals surface area contributed by atoms with Gasteiger partial charge in [-0.05, 0) is 24.3 Å². The van der Waals surface area contributed by atoms with Gasteiger partial charge in [0.25, 0.3) is 0 Å². The lowest BCUT2D eigenvalue weighted by molar-refractivity contribution is -0.133. The number of Topliss-reactive ketones (excluding diaryl/α,β-unsaturated/α-hetero) is 1. The molecule has 33 heavy (non-hydrogen) atoms. The highest BCUT2D eigenvalue weighted by atomic mass is 28.3. The third-order valence-corrected chi connectivity index (χ3v) is 8.98. The van der Waals surface area contributed by atoms with Crippen LogP contribution in [0.5, 0.6) is 0 Å². The van der Waals surface area contributed by atoms with Gasteiger partial charge in [-0.1, -0.05) is 19.6 Å². The van der Waals surface area contributed by atoms with E-state index in [1.54, 1.807) is 6.33 Å². The number of fused-ring (bicyclic) bond motifs is 1. The monoisotopic (exact) mass is 472 g/mol. The van der Waals surface area contributed by atoms with Gasteiger partial charge in [-0.15, -0.1) is 0 Å². The molecule has 1 saturated carbocycles. The number of rotatable bonds is 7. The maximum Gasteiger partial charge on any atom is 0.209 e. The first-order valence-electron chi connectivity index (χ1n) is 12.2. The lowest BCUT2D eigenvalue weighted by Crippen LogP contribution is -2.48. The molecule has 2 aromatic heterocycles. The van der Waals surface area contributed by atoms with Crippen molar-refractivity contribution in [1.82, 2.24) is 19.5 Å². The highest BCUT2D eigenvalue weighted by molar-refractivity contribution is 6.76. The van der Waals surface area contributed by atoms with Crippen molar-refractivity contribution in [3.8, 4) is 0 Å². The Hall–Kier alpha value is -2.04. The van der Waals surface area contributed by atoms with E-state index in [-0.39, 0.29) is 5.41 Å². The van der Waals surface area contributed by atoms with Crippen LogP contribution in [0.1, 0.15) is 25.7 Å². The molecule has 10 heteroatoms. The van der Waals surface area contributed by atoms with Gasteiger partial charge in [0.15, 0.2) is 17.0 Å². The van der Waals surface area contributed by atoms with Crippen LogP contribution in [0.2, 0.25) is 25.7 Å². The highest BCUT2D eigenvalue weighted by Crippen LogP contribution is 2.47. The second-order valence-corrected chi connectivity index (χ2v) is 16.7. The Balaban J connectivity index is 1.42. The summed E-state index contributed by atoms with van der Waals surface area (Å²) >= 11 is 0. The molecular weight excluding hydrogens is 436 g/mol. The number of carbonyl (C=O) groups is 1. The minimum atomic E-state index is -1.16.